The van der Waals surface area contributed by atoms with E-state index in [9.17, 15) is 9.59 Å². The fourth-order valence-electron chi connectivity index (χ4n) is 3.04. The zero-order valence-electron chi connectivity index (χ0n) is 13.7. The molecule has 1 aromatic carbocycles. The van der Waals surface area contributed by atoms with E-state index in [0.29, 0.717) is 12.3 Å². The van der Waals surface area contributed by atoms with Crippen LogP contribution in [0.5, 0.6) is 0 Å². The van der Waals surface area contributed by atoms with Crippen molar-refractivity contribution in [3.05, 3.63) is 28.2 Å². The average Bonchev–Trinajstić information content (AvgIpc) is 2.54. The molecular formula is C18H25BrN2O2. The molecular weight excluding hydrogens is 356 g/mol. The summed E-state index contributed by atoms with van der Waals surface area (Å²) in [4.78, 5) is 23.8. The molecule has 2 amide bonds. The van der Waals surface area contributed by atoms with Crippen LogP contribution < -0.4 is 10.6 Å². The molecule has 1 fully saturated rings. The van der Waals surface area contributed by atoms with Crippen molar-refractivity contribution in [1.82, 2.24) is 5.32 Å². The second kappa shape index (κ2) is 9.06. The molecule has 126 valence electrons. The summed E-state index contributed by atoms with van der Waals surface area (Å²) in [6.07, 6.45) is 7.88. The highest BCUT2D eigenvalue weighted by Crippen LogP contribution is 2.27. The van der Waals surface area contributed by atoms with Crippen LogP contribution in [0.25, 0.3) is 0 Å². The Hall–Kier alpha value is -1.36. The van der Waals surface area contributed by atoms with Crippen LogP contribution in [0.1, 0.15) is 50.5 Å². The second-order valence-corrected chi connectivity index (χ2v) is 7.24. The van der Waals surface area contributed by atoms with Gasteiger partial charge in [-0.05, 0) is 43.0 Å². The first kappa shape index (κ1) is 18.0. The third kappa shape index (κ3) is 6.34. The summed E-state index contributed by atoms with van der Waals surface area (Å²) in [7, 11) is 0. The van der Waals surface area contributed by atoms with Crippen molar-refractivity contribution in [3.8, 4) is 0 Å². The Morgan fingerprint density at radius 2 is 1.91 bits per heavy atom. The first-order chi connectivity index (χ1) is 11.0. The van der Waals surface area contributed by atoms with Gasteiger partial charge in [-0.1, -0.05) is 48.0 Å². The maximum absolute atomic E-state index is 11.9. The Morgan fingerprint density at radius 3 is 2.61 bits per heavy atom. The van der Waals surface area contributed by atoms with Gasteiger partial charge in [0.25, 0.3) is 0 Å². The van der Waals surface area contributed by atoms with E-state index in [1.165, 1.54) is 32.1 Å². The van der Waals surface area contributed by atoms with Crippen molar-refractivity contribution < 1.29 is 9.59 Å². The first-order valence-corrected chi connectivity index (χ1v) is 9.16. The van der Waals surface area contributed by atoms with E-state index in [1.54, 1.807) is 0 Å². The predicted molar refractivity (Wildman–Crippen MR) is 96.3 cm³/mol. The maximum Gasteiger partial charge on any atom is 0.243 e. The summed E-state index contributed by atoms with van der Waals surface area (Å²) in [6, 6.07) is 5.67. The molecule has 0 saturated heterocycles. The van der Waals surface area contributed by atoms with Crippen LogP contribution in [0.15, 0.2) is 22.7 Å². The number of hydrogen-bond acceptors (Lipinski definition) is 2. The third-order valence-electron chi connectivity index (χ3n) is 4.41. The Kier molecular flexibility index (Phi) is 7.09. The number of hydrogen-bond donors (Lipinski definition) is 2. The van der Waals surface area contributed by atoms with E-state index < -0.39 is 0 Å². The van der Waals surface area contributed by atoms with Gasteiger partial charge in [-0.2, -0.15) is 0 Å². The predicted octanol–water partition coefficient (Wildman–Crippen LogP) is 4.17. The molecule has 0 heterocycles. The lowest BCUT2D eigenvalue weighted by Gasteiger charge is -2.20. The summed E-state index contributed by atoms with van der Waals surface area (Å²) in [6.45, 7) is 1.96. The van der Waals surface area contributed by atoms with Crippen LogP contribution in [0.4, 0.5) is 5.69 Å². The second-order valence-electron chi connectivity index (χ2n) is 6.33. The average molecular weight is 381 g/mol. The first-order valence-electron chi connectivity index (χ1n) is 8.37. The Balaban J connectivity index is 1.68. The van der Waals surface area contributed by atoms with Crippen molar-refractivity contribution >= 4 is 33.4 Å². The minimum atomic E-state index is -0.193. The van der Waals surface area contributed by atoms with Crippen LogP contribution in [0, 0.1) is 12.8 Å². The zero-order chi connectivity index (χ0) is 16.7. The Labute approximate surface area is 146 Å². The molecule has 0 bridgehead atoms. The molecule has 2 N–H and O–H groups in total. The number of halogens is 1. The van der Waals surface area contributed by atoms with Gasteiger partial charge in [0, 0.05) is 16.6 Å². The number of amides is 2. The number of rotatable bonds is 6. The van der Waals surface area contributed by atoms with Gasteiger partial charge in [0.2, 0.25) is 11.8 Å². The highest BCUT2D eigenvalue weighted by atomic mass is 79.9. The van der Waals surface area contributed by atoms with Gasteiger partial charge in [-0.15, -0.1) is 0 Å². The number of nitrogens with one attached hydrogen (secondary N) is 2. The van der Waals surface area contributed by atoms with Crippen molar-refractivity contribution in [1.29, 1.82) is 0 Å². The molecule has 0 radical (unpaired) electrons. The van der Waals surface area contributed by atoms with Gasteiger partial charge < -0.3 is 10.6 Å². The molecule has 5 heteroatoms. The molecule has 0 aromatic heterocycles. The van der Waals surface area contributed by atoms with E-state index in [2.05, 4.69) is 26.6 Å². The lowest BCUT2D eigenvalue weighted by Crippen LogP contribution is -2.33. The number of benzene rings is 1. The van der Waals surface area contributed by atoms with E-state index in [-0.39, 0.29) is 18.4 Å². The fraction of sp³-hybridized carbons (Fsp3) is 0.556. The Bertz CT molecular complexity index is 554. The van der Waals surface area contributed by atoms with Crippen LogP contribution in [0.2, 0.25) is 0 Å². The molecule has 1 saturated carbocycles. The number of aryl methyl sites for hydroxylation is 1. The maximum atomic E-state index is 11.9. The fourth-order valence-corrected chi connectivity index (χ4v) is 3.52. The lowest BCUT2D eigenvalue weighted by atomic mass is 9.86. The monoisotopic (exact) mass is 380 g/mol. The third-order valence-corrected chi connectivity index (χ3v) is 4.91. The summed E-state index contributed by atoms with van der Waals surface area (Å²) in [5, 5.41) is 5.54. The number of carbonyl (C=O) groups excluding carboxylic acids is 2. The van der Waals surface area contributed by atoms with Crippen molar-refractivity contribution in [3.63, 3.8) is 0 Å². The van der Waals surface area contributed by atoms with Crippen molar-refractivity contribution in [2.24, 2.45) is 5.92 Å². The van der Waals surface area contributed by atoms with Gasteiger partial charge in [-0.3, -0.25) is 9.59 Å². The zero-order valence-corrected chi connectivity index (χ0v) is 15.2. The highest BCUT2D eigenvalue weighted by molar-refractivity contribution is 9.10. The lowest BCUT2D eigenvalue weighted by molar-refractivity contribution is -0.124. The van der Waals surface area contributed by atoms with Crippen LogP contribution in [0.3, 0.4) is 0 Å². The molecule has 23 heavy (non-hydrogen) atoms. The van der Waals surface area contributed by atoms with Crippen molar-refractivity contribution in [2.45, 2.75) is 51.9 Å². The van der Waals surface area contributed by atoms with Crippen LogP contribution in [-0.4, -0.2) is 18.4 Å². The molecule has 0 unspecified atom stereocenters. The van der Waals surface area contributed by atoms with E-state index in [1.807, 2.05) is 25.1 Å². The largest absolute Gasteiger partial charge is 0.347 e. The molecule has 0 atom stereocenters. The topological polar surface area (TPSA) is 58.2 Å². The standard InChI is InChI=1S/C18H25BrN2O2/c1-13-11-15(19)8-9-16(13)21-18(23)12-20-17(22)10-7-14-5-3-2-4-6-14/h8-9,11,14H,2-7,10,12H2,1H3,(H,20,22)(H,21,23). The van der Waals surface area contributed by atoms with E-state index in [4.69, 9.17) is 0 Å². The summed E-state index contributed by atoms with van der Waals surface area (Å²) in [5.41, 5.74) is 1.76. The van der Waals surface area contributed by atoms with Crippen molar-refractivity contribution in [2.75, 3.05) is 11.9 Å². The summed E-state index contributed by atoms with van der Waals surface area (Å²) < 4.78 is 0.976. The van der Waals surface area contributed by atoms with Gasteiger partial charge >= 0.3 is 0 Å². The summed E-state index contributed by atoms with van der Waals surface area (Å²) >= 11 is 3.39. The molecule has 1 aliphatic rings. The quantitative estimate of drug-likeness (QED) is 0.777. The molecule has 4 nitrogen and oxygen atoms in total. The molecule has 1 aliphatic carbocycles. The minimum absolute atomic E-state index is 0.0268. The van der Waals surface area contributed by atoms with E-state index >= 15 is 0 Å². The van der Waals surface area contributed by atoms with Gasteiger partial charge in [0.15, 0.2) is 0 Å². The molecule has 1 aromatic rings. The van der Waals surface area contributed by atoms with Gasteiger partial charge in [0.05, 0.1) is 6.54 Å². The van der Waals surface area contributed by atoms with Crippen LogP contribution in [-0.2, 0) is 9.59 Å². The van der Waals surface area contributed by atoms with Gasteiger partial charge in [-0.25, -0.2) is 0 Å². The summed E-state index contributed by atoms with van der Waals surface area (Å²) in [5.74, 6) is 0.466. The Morgan fingerprint density at radius 1 is 1.17 bits per heavy atom. The molecule has 2 rings (SSSR count). The normalized spacial score (nSPS) is 15.2. The number of carbonyl (C=O) groups is 2. The SMILES string of the molecule is Cc1cc(Br)ccc1NC(=O)CNC(=O)CCC1CCCCC1. The van der Waals surface area contributed by atoms with Gasteiger partial charge in [0.1, 0.15) is 0 Å². The smallest absolute Gasteiger partial charge is 0.243 e. The number of anilines is 1. The highest BCUT2D eigenvalue weighted by Gasteiger charge is 2.15. The van der Waals surface area contributed by atoms with Crippen LogP contribution >= 0.6 is 15.9 Å². The minimum Gasteiger partial charge on any atom is -0.347 e. The van der Waals surface area contributed by atoms with E-state index in [0.717, 1.165) is 22.1 Å². The molecule has 0 aliphatic heterocycles. The molecule has 0 spiro atoms.